The maximum atomic E-state index is 9.09. The lowest BCUT2D eigenvalue weighted by molar-refractivity contribution is 0.160. The highest BCUT2D eigenvalue weighted by Gasteiger charge is 2.26. The Morgan fingerprint density at radius 3 is 2.86 bits per heavy atom. The van der Waals surface area contributed by atoms with Crippen LogP contribution in [0.5, 0.6) is 0 Å². The summed E-state index contributed by atoms with van der Waals surface area (Å²) in [5.41, 5.74) is 0. The second-order valence-corrected chi connectivity index (χ2v) is 4.75. The maximum absolute atomic E-state index is 9.09. The topological polar surface area (TPSA) is 35.5 Å². The van der Waals surface area contributed by atoms with Crippen molar-refractivity contribution < 1.29 is 5.11 Å². The molecule has 80 valence electrons. The zero-order valence-corrected chi connectivity index (χ0v) is 9.22. The minimum atomic E-state index is 0.294. The van der Waals surface area contributed by atoms with Gasteiger partial charge in [-0.25, -0.2) is 0 Å². The molecule has 2 rings (SSSR count). The Hall–Kier alpha value is -0.350. The smallest absolute Gasteiger partial charge is 0.169 e. The lowest BCUT2D eigenvalue weighted by Crippen LogP contribution is -2.46. The summed E-state index contributed by atoms with van der Waals surface area (Å²) in [6.45, 7) is 2.27. The molecule has 2 aliphatic rings. The van der Waals surface area contributed by atoms with Crippen molar-refractivity contribution in [2.24, 2.45) is 5.92 Å². The van der Waals surface area contributed by atoms with Gasteiger partial charge in [0.1, 0.15) is 0 Å². The summed E-state index contributed by atoms with van der Waals surface area (Å²) in [5.74, 6) is 0.419. The second-order valence-electron chi connectivity index (χ2n) is 4.36. The number of hydrogen-bond donors (Lipinski definition) is 2. The molecule has 1 aliphatic carbocycles. The van der Waals surface area contributed by atoms with Crippen molar-refractivity contribution in [3.05, 3.63) is 0 Å². The van der Waals surface area contributed by atoms with Crippen LogP contribution in [0.15, 0.2) is 0 Å². The van der Waals surface area contributed by atoms with Gasteiger partial charge < -0.3 is 15.3 Å². The fraction of sp³-hybridized carbons (Fsp3) is 0.900. The van der Waals surface area contributed by atoms with Gasteiger partial charge in [0.05, 0.1) is 0 Å². The van der Waals surface area contributed by atoms with Crippen LogP contribution in [0, 0.1) is 5.92 Å². The van der Waals surface area contributed by atoms with Gasteiger partial charge in [-0.1, -0.05) is 0 Å². The average Bonchev–Trinajstić information content (AvgIpc) is 3.02. The zero-order chi connectivity index (χ0) is 9.97. The number of nitrogens with zero attached hydrogens (tertiary/aromatic N) is 1. The number of piperidine rings is 1. The fourth-order valence-electron chi connectivity index (χ4n) is 1.89. The van der Waals surface area contributed by atoms with Crippen LogP contribution >= 0.6 is 12.2 Å². The molecule has 0 aromatic rings. The van der Waals surface area contributed by atoms with Gasteiger partial charge in [-0.2, -0.15) is 0 Å². The van der Waals surface area contributed by atoms with Crippen LogP contribution in [0.3, 0.4) is 0 Å². The van der Waals surface area contributed by atoms with E-state index in [1.165, 1.54) is 12.8 Å². The summed E-state index contributed by atoms with van der Waals surface area (Å²) in [4.78, 5) is 2.21. The summed E-state index contributed by atoms with van der Waals surface area (Å²) < 4.78 is 0. The lowest BCUT2D eigenvalue weighted by Gasteiger charge is -2.33. The third-order valence-corrected chi connectivity index (χ3v) is 3.35. The monoisotopic (exact) mass is 214 g/mol. The van der Waals surface area contributed by atoms with Crippen molar-refractivity contribution in [1.82, 2.24) is 10.2 Å². The molecule has 2 fully saturated rings. The highest BCUT2D eigenvalue weighted by atomic mass is 32.1. The molecule has 1 heterocycles. The van der Waals surface area contributed by atoms with Gasteiger partial charge in [0.15, 0.2) is 5.11 Å². The van der Waals surface area contributed by atoms with E-state index in [0.717, 1.165) is 31.0 Å². The number of hydrogen-bond acceptors (Lipinski definition) is 2. The van der Waals surface area contributed by atoms with Gasteiger partial charge in [0, 0.05) is 25.7 Å². The molecule has 1 saturated carbocycles. The Kier molecular flexibility index (Phi) is 3.23. The highest BCUT2D eigenvalue weighted by Crippen LogP contribution is 2.21. The first-order valence-electron chi connectivity index (χ1n) is 5.46. The molecule has 4 heteroatoms. The number of aliphatic hydroxyl groups is 1. The molecule has 14 heavy (non-hydrogen) atoms. The van der Waals surface area contributed by atoms with Crippen LogP contribution in [0.25, 0.3) is 0 Å². The predicted molar refractivity (Wildman–Crippen MR) is 60.1 cm³/mol. The molecule has 0 spiro atoms. The number of aliphatic hydroxyl groups excluding tert-OH is 1. The average molecular weight is 214 g/mol. The molecule has 2 N–H and O–H groups in total. The van der Waals surface area contributed by atoms with E-state index in [2.05, 4.69) is 10.2 Å². The molecule has 1 aliphatic heterocycles. The molecular formula is C10H18N2OS. The molecule has 0 amide bonds. The standard InChI is InChI=1S/C10H18N2OS/c13-7-8-2-1-5-12(6-8)10(14)11-9-3-4-9/h8-9,13H,1-7H2,(H,11,14)/t8-/m1/s1. The van der Waals surface area contributed by atoms with Gasteiger partial charge in [-0.3, -0.25) is 0 Å². The Bertz CT molecular complexity index is 218. The quantitative estimate of drug-likeness (QED) is 0.664. The van der Waals surface area contributed by atoms with Crippen LogP contribution < -0.4 is 5.32 Å². The Morgan fingerprint density at radius 1 is 1.43 bits per heavy atom. The predicted octanol–water partition coefficient (Wildman–Crippen LogP) is 0.728. The number of rotatable bonds is 2. The van der Waals surface area contributed by atoms with Gasteiger partial charge in [-0.05, 0) is 43.8 Å². The molecule has 0 radical (unpaired) electrons. The van der Waals surface area contributed by atoms with Crippen LogP contribution in [0.4, 0.5) is 0 Å². The SMILES string of the molecule is OC[C@@H]1CCCN(C(=S)NC2CC2)C1. The number of thiocarbonyl (C=S) groups is 1. The third kappa shape index (κ3) is 2.58. The number of nitrogens with one attached hydrogen (secondary N) is 1. The van der Waals surface area contributed by atoms with Gasteiger partial charge in [-0.15, -0.1) is 0 Å². The van der Waals surface area contributed by atoms with E-state index in [4.69, 9.17) is 17.3 Å². The van der Waals surface area contributed by atoms with Crippen molar-refractivity contribution in [3.8, 4) is 0 Å². The van der Waals surface area contributed by atoms with E-state index in [1.54, 1.807) is 0 Å². The third-order valence-electron chi connectivity index (χ3n) is 2.97. The first-order chi connectivity index (χ1) is 6.79. The Balaban J connectivity index is 1.79. The first-order valence-corrected chi connectivity index (χ1v) is 5.86. The molecule has 0 aromatic heterocycles. The summed E-state index contributed by atoms with van der Waals surface area (Å²) in [6.07, 6.45) is 4.81. The lowest BCUT2D eigenvalue weighted by atomic mass is 9.99. The van der Waals surface area contributed by atoms with Crippen molar-refractivity contribution in [3.63, 3.8) is 0 Å². The highest BCUT2D eigenvalue weighted by molar-refractivity contribution is 7.80. The molecule has 0 unspecified atom stereocenters. The van der Waals surface area contributed by atoms with E-state index >= 15 is 0 Å². The van der Waals surface area contributed by atoms with Crippen molar-refractivity contribution in [2.75, 3.05) is 19.7 Å². The first kappa shape index (κ1) is 10.2. The van der Waals surface area contributed by atoms with Crippen molar-refractivity contribution in [2.45, 2.75) is 31.7 Å². The van der Waals surface area contributed by atoms with E-state index < -0.39 is 0 Å². The Labute approximate surface area is 90.5 Å². The molecular weight excluding hydrogens is 196 g/mol. The second kappa shape index (κ2) is 4.45. The molecule has 3 nitrogen and oxygen atoms in total. The molecule has 0 aromatic carbocycles. The van der Waals surface area contributed by atoms with E-state index in [9.17, 15) is 0 Å². The Morgan fingerprint density at radius 2 is 2.21 bits per heavy atom. The summed E-state index contributed by atoms with van der Waals surface area (Å²) >= 11 is 5.32. The van der Waals surface area contributed by atoms with Gasteiger partial charge in [0.25, 0.3) is 0 Å². The van der Waals surface area contributed by atoms with Crippen LogP contribution in [0.1, 0.15) is 25.7 Å². The van der Waals surface area contributed by atoms with Gasteiger partial charge in [0.2, 0.25) is 0 Å². The van der Waals surface area contributed by atoms with Crippen LogP contribution in [-0.2, 0) is 0 Å². The van der Waals surface area contributed by atoms with E-state index in [-0.39, 0.29) is 0 Å². The van der Waals surface area contributed by atoms with Gasteiger partial charge >= 0.3 is 0 Å². The fourth-order valence-corrected chi connectivity index (χ4v) is 2.22. The van der Waals surface area contributed by atoms with E-state index in [1.807, 2.05) is 0 Å². The molecule has 0 bridgehead atoms. The normalized spacial score (nSPS) is 27.5. The van der Waals surface area contributed by atoms with Crippen molar-refractivity contribution in [1.29, 1.82) is 0 Å². The van der Waals surface area contributed by atoms with E-state index in [0.29, 0.717) is 18.6 Å². The summed E-state index contributed by atoms with van der Waals surface area (Å²) in [5, 5.41) is 13.3. The molecule has 1 saturated heterocycles. The molecule has 1 atom stereocenters. The summed E-state index contributed by atoms with van der Waals surface area (Å²) in [6, 6.07) is 0.636. The zero-order valence-electron chi connectivity index (χ0n) is 8.41. The minimum Gasteiger partial charge on any atom is -0.396 e. The van der Waals surface area contributed by atoms with Crippen LogP contribution in [0.2, 0.25) is 0 Å². The maximum Gasteiger partial charge on any atom is 0.169 e. The largest absolute Gasteiger partial charge is 0.396 e. The number of likely N-dealkylation sites (tertiary alicyclic amines) is 1. The van der Waals surface area contributed by atoms with Crippen LogP contribution in [-0.4, -0.2) is 40.9 Å². The minimum absolute atomic E-state index is 0.294. The van der Waals surface area contributed by atoms with Crippen molar-refractivity contribution >= 4 is 17.3 Å². The summed E-state index contributed by atoms with van der Waals surface area (Å²) in [7, 11) is 0.